The molecule has 1 unspecified atom stereocenters. The molecule has 1 amide bonds. The van der Waals surface area contributed by atoms with Gasteiger partial charge in [0, 0.05) is 42.1 Å². The van der Waals surface area contributed by atoms with Gasteiger partial charge in [0.15, 0.2) is 11.4 Å². The summed E-state index contributed by atoms with van der Waals surface area (Å²) in [6.45, 7) is 6.11. The number of halogens is 1. The van der Waals surface area contributed by atoms with Crippen LogP contribution in [0.3, 0.4) is 0 Å². The van der Waals surface area contributed by atoms with Crippen LogP contribution in [0.15, 0.2) is 28.7 Å². The van der Waals surface area contributed by atoms with Gasteiger partial charge in [-0.1, -0.05) is 20.3 Å². The topological polar surface area (TPSA) is 161 Å². The average Bonchev–Trinajstić information content (AvgIpc) is 2.86. The van der Waals surface area contributed by atoms with Crippen LogP contribution in [0.2, 0.25) is 0 Å². The molecule has 4 aliphatic rings. The molecule has 0 aromatic heterocycles. The summed E-state index contributed by atoms with van der Waals surface area (Å²) in [5, 5.41) is 43.7. The van der Waals surface area contributed by atoms with Gasteiger partial charge >= 0.3 is 0 Å². The highest BCUT2D eigenvalue weighted by Gasteiger charge is 2.59. The standard InChI is InChI=1S/C30H37FN2O7/c1-3-8-33(14-29(4-2)6-5-7-29)13-16-11-19(34)22-18(24(16)31)10-15-9-17-12-20(35)23(28(32)39)27(38)30(17,40)26(37)21(15)25(22)36/h11,15,17,34-35,37,40H,3-10,12-14H2,1-2H3,(H2,32,39)/t15?,17-,30-/m0/s1. The lowest BCUT2D eigenvalue weighted by atomic mass is 9.60. The van der Waals surface area contributed by atoms with Gasteiger partial charge in [-0.25, -0.2) is 4.39 Å². The number of hydrogen-bond donors (Lipinski definition) is 5. The summed E-state index contributed by atoms with van der Waals surface area (Å²) in [6.07, 6.45) is 4.98. The van der Waals surface area contributed by atoms with E-state index >= 15 is 4.39 Å². The first kappa shape index (κ1) is 28.3. The average molecular weight is 557 g/mol. The van der Waals surface area contributed by atoms with Crippen LogP contribution in [0, 0.1) is 23.1 Å². The number of hydrogen-bond acceptors (Lipinski definition) is 8. The number of allylic oxidation sites excluding steroid dienone is 2. The summed E-state index contributed by atoms with van der Waals surface area (Å²) in [5.41, 5.74) is 1.71. The molecule has 0 radical (unpaired) electrons. The first-order chi connectivity index (χ1) is 18.9. The fraction of sp³-hybridized carbons (Fsp3) is 0.567. The van der Waals surface area contributed by atoms with E-state index in [1.165, 1.54) is 12.5 Å². The van der Waals surface area contributed by atoms with Gasteiger partial charge in [0.25, 0.3) is 5.91 Å². The van der Waals surface area contributed by atoms with Crippen molar-refractivity contribution >= 4 is 17.5 Å². The van der Waals surface area contributed by atoms with Crippen LogP contribution >= 0.6 is 0 Å². The zero-order chi connectivity index (χ0) is 29.1. The van der Waals surface area contributed by atoms with Crippen LogP contribution in [0.1, 0.15) is 80.3 Å². The minimum absolute atomic E-state index is 0.0334. The third-order valence-corrected chi connectivity index (χ3v) is 9.73. The highest BCUT2D eigenvalue weighted by Crippen LogP contribution is 2.52. The summed E-state index contributed by atoms with van der Waals surface area (Å²) in [4.78, 5) is 40.7. The minimum atomic E-state index is -2.64. The smallest absolute Gasteiger partial charge is 0.255 e. The number of fused-ring (bicyclic) bond motifs is 3. The third kappa shape index (κ3) is 4.15. The van der Waals surface area contributed by atoms with E-state index in [0.717, 1.165) is 38.8 Å². The molecule has 40 heavy (non-hydrogen) atoms. The normalized spacial score (nSPS) is 27.3. The highest BCUT2D eigenvalue weighted by molar-refractivity contribution is 6.24. The number of phenolic OH excluding ortho intramolecular Hbond substituents is 1. The molecule has 1 aromatic rings. The monoisotopic (exact) mass is 556 g/mol. The number of carbonyl (C=O) groups is 3. The Balaban J connectivity index is 1.52. The van der Waals surface area contributed by atoms with Gasteiger partial charge in [0.1, 0.15) is 28.7 Å². The summed E-state index contributed by atoms with van der Waals surface area (Å²) < 4.78 is 16.1. The van der Waals surface area contributed by atoms with Gasteiger partial charge in [-0.2, -0.15) is 0 Å². The summed E-state index contributed by atoms with van der Waals surface area (Å²) in [5.74, 6) is -7.80. The van der Waals surface area contributed by atoms with Crippen molar-refractivity contribution in [2.45, 2.75) is 77.4 Å². The maximum Gasteiger partial charge on any atom is 0.255 e. The molecule has 5 rings (SSSR count). The maximum atomic E-state index is 16.1. The van der Waals surface area contributed by atoms with Crippen molar-refractivity contribution in [1.82, 2.24) is 4.90 Å². The summed E-state index contributed by atoms with van der Waals surface area (Å²) in [6, 6.07) is 1.25. The van der Waals surface area contributed by atoms with Gasteiger partial charge in [-0.15, -0.1) is 0 Å². The second kappa shape index (κ2) is 9.99. The van der Waals surface area contributed by atoms with Crippen molar-refractivity contribution < 1.29 is 39.2 Å². The second-order valence-electron chi connectivity index (χ2n) is 12.1. The number of aromatic hydroxyl groups is 1. The predicted molar refractivity (Wildman–Crippen MR) is 143 cm³/mol. The number of nitrogens with zero attached hydrogens (tertiary/aromatic N) is 1. The number of amides is 1. The third-order valence-electron chi connectivity index (χ3n) is 9.73. The molecular weight excluding hydrogens is 519 g/mol. The molecule has 6 N–H and O–H groups in total. The fourth-order valence-electron chi connectivity index (χ4n) is 7.38. The van der Waals surface area contributed by atoms with Crippen molar-refractivity contribution in [3.8, 4) is 5.75 Å². The van der Waals surface area contributed by atoms with Gasteiger partial charge in [-0.3, -0.25) is 19.3 Å². The summed E-state index contributed by atoms with van der Waals surface area (Å²) >= 11 is 0. The van der Waals surface area contributed by atoms with Crippen LogP contribution in [0.25, 0.3) is 0 Å². The number of aliphatic hydroxyl groups excluding tert-OH is 2. The van der Waals surface area contributed by atoms with Crippen LogP contribution in [-0.4, -0.2) is 61.5 Å². The fourth-order valence-corrected chi connectivity index (χ4v) is 7.38. The van der Waals surface area contributed by atoms with E-state index in [0.29, 0.717) is 0 Å². The minimum Gasteiger partial charge on any atom is -0.511 e. The Labute approximate surface area is 232 Å². The highest BCUT2D eigenvalue weighted by atomic mass is 19.1. The first-order valence-corrected chi connectivity index (χ1v) is 14.1. The lowest BCUT2D eigenvalue weighted by Crippen LogP contribution is -2.57. The number of ketones is 2. The number of aliphatic hydroxyl groups is 3. The number of primary amides is 1. The Morgan fingerprint density at radius 2 is 1.88 bits per heavy atom. The molecule has 216 valence electrons. The Morgan fingerprint density at radius 3 is 2.45 bits per heavy atom. The van der Waals surface area contributed by atoms with Gasteiger partial charge in [-0.05, 0) is 62.5 Å². The van der Waals surface area contributed by atoms with E-state index in [-0.39, 0.29) is 53.5 Å². The van der Waals surface area contributed by atoms with E-state index in [1.54, 1.807) is 0 Å². The molecule has 10 heteroatoms. The molecule has 4 aliphatic carbocycles. The zero-order valence-corrected chi connectivity index (χ0v) is 22.9. The zero-order valence-electron chi connectivity index (χ0n) is 22.9. The molecular formula is C30H37FN2O7. The van der Waals surface area contributed by atoms with Crippen LogP contribution in [0.5, 0.6) is 5.75 Å². The van der Waals surface area contributed by atoms with E-state index in [1.807, 2.05) is 0 Å². The van der Waals surface area contributed by atoms with Crippen LogP contribution in [-0.2, 0) is 22.6 Å². The molecule has 0 bridgehead atoms. The molecule has 0 heterocycles. The molecule has 9 nitrogen and oxygen atoms in total. The van der Waals surface area contributed by atoms with Crippen molar-refractivity contribution in [3.63, 3.8) is 0 Å². The quantitative estimate of drug-likeness (QED) is 0.304. The molecule has 1 saturated carbocycles. The number of benzene rings is 1. The summed E-state index contributed by atoms with van der Waals surface area (Å²) in [7, 11) is 0. The SMILES string of the molecule is CCCN(Cc1cc(O)c2c(c1F)CC1C[C@H]3CC(O)=C(C(N)=O)C(=O)[C@@]3(O)C(O)=C1C2=O)CC1(CC)CCC1. The molecule has 0 spiro atoms. The molecule has 0 saturated heterocycles. The Kier molecular flexibility index (Phi) is 7.07. The number of nitrogens with two attached hydrogens (primary N) is 1. The maximum absolute atomic E-state index is 16.1. The largest absolute Gasteiger partial charge is 0.511 e. The van der Waals surface area contributed by atoms with Crippen molar-refractivity contribution in [2.75, 3.05) is 13.1 Å². The molecule has 3 atom stereocenters. The van der Waals surface area contributed by atoms with Gasteiger partial charge in [0.2, 0.25) is 5.78 Å². The molecule has 0 aliphatic heterocycles. The van der Waals surface area contributed by atoms with Gasteiger partial charge < -0.3 is 26.2 Å². The van der Waals surface area contributed by atoms with E-state index in [2.05, 4.69) is 18.7 Å². The first-order valence-electron chi connectivity index (χ1n) is 14.1. The van der Waals surface area contributed by atoms with Crippen LogP contribution in [0.4, 0.5) is 4.39 Å². The second-order valence-corrected chi connectivity index (χ2v) is 12.1. The Morgan fingerprint density at radius 1 is 1.18 bits per heavy atom. The van der Waals surface area contributed by atoms with Gasteiger partial charge in [0.05, 0.1) is 5.56 Å². The molecule has 1 fully saturated rings. The van der Waals surface area contributed by atoms with E-state index < -0.39 is 63.6 Å². The number of phenols is 1. The van der Waals surface area contributed by atoms with Crippen molar-refractivity contribution in [1.29, 1.82) is 0 Å². The Bertz CT molecular complexity index is 1360. The number of Topliss-reactive ketones (excluding diaryl/α,β-unsaturated/α-hetero) is 2. The van der Waals surface area contributed by atoms with E-state index in [4.69, 9.17) is 5.73 Å². The molecule has 1 aromatic carbocycles. The van der Waals surface area contributed by atoms with Crippen LogP contribution < -0.4 is 5.73 Å². The number of carbonyl (C=O) groups excluding carboxylic acids is 3. The lowest BCUT2D eigenvalue weighted by molar-refractivity contribution is -0.144. The van der Waals surface area contributed by atoms with E-state index in [9.17, 15) is 34.8 Å². The predicted octanol–water partition coefficient (Wildman–Crippen LogP) is 3.51. The van der Waals surface area contributed by atoms with Crippen molar-refractivity contribution in [3.05, 3.63) is 51.2 Å². The van der Waals surface area contributed by atoms with Crippen molar-refractivity contribution in [2.24, 2.45) is 23.0 Å². The number of rotatable bonds is 8. The Hall–Kier alpha value is -3.24. The lowest BCUT2D eigenvalue weighted by Gasteiger charge is -2.45.